The van der Waals surface area contributed by atoms with Gasteiger partial charge in [0, 0.05) is 17.7 Å². The maximum atomic E-state index is 15.4. The number of hydrogen-bond donors (Lipinski definition) is 1. The molecular formula is C37H14BF20NO. The Morgan fingerprint density at radius 2 is 0.583 bits per heavy atom. The van der Waals surface area contributed by atoms with Crippen LogP contribution in [-0.2, 0) is 13.2 Å². The van der Waals surface area contributed by atoms with E-state index in [-0.39, 0.29) is 6.61 Å². The summed E-state index contributed by atoms with van der Waals surface area (Å²) in [6.45, 7) is 0.880. The molecule has 6 rings (SSSR count). The van der Waals surface area contributed by atoms with Gasteiger partial charge in [0.05, 0.1) is 0 Å². The molecule has 0 aliphatic carbocycles. The summed E-state index contributed by atoms with van der Waals surface area (Å²) in [7, 11) is 0. The maximum absolute atomic E-state index is 15.4. The first kappa shape index (κ1) is 45.0. The second-order valence-electron chi connectivity index (χ2n) is 12.3. The third kappa shape index (κ3) is 6.96. The van der Waals surface area contributed by atoms with Gasteiger partial charge in [-0.25, -0.2) is 87.8 Å². The highest BCUT2D eigenvalue weighted by Crippen LogP contribution is 2.30. The average Bonchev–Trinajstić information content (AvgIpc) is 3.24. The quantitative estimate of drug-likeness (QED) is 0.0586. The van der Waals surface area contributed by atoms with Crippen molar-refractivity contribution in [3.63, 3.8) is 0 Å². The van der Waals surface area contributed by atoms with Crippen LogP contribution in [0.2, 0.25) is 0 Å². The third-order valence-corrected chi connectivity index (χ3v) is 9.10. The lowest BCUT2D eigenvalue weighted by molar-refractivity contribution is -0.697. The molecule has 6 aromatic rings. The van der Waals surface area contributed by atoms with Gasteiger partial charge < -0.3 is 5.11 Å². The van der Waals surface area contributed by atoms with Gasteiger partial charge in [0.1, 0.15) is 59.3 Å². The van der Waals surface area contributed by atoms with Crippen LogP contribution in [0.5, 0.6) is 0 Å². The Balaban J connectivity index is 0.000000379. The molecule has 0 fully saturated rings. The molecule has 60 heavy (non-hydrogen) atoms. The molecule has 2 nitrogen and oxygen atoms in total. The van der Waals surface area contributed by atoms with E-state index in [1.165, 1.54) is 5.56 Å². The first-order valence-electron chi connectivity index (χ1n) is 16.0. The predicted molar refractivity (Wildman–Crippen MR) is 167 cm³/mol. The Morgan fingerprint density at radius 1 is 0.333 bits per heavy atom. The number of aliphatic hydroxyl groups is 1. The van der Waals surface area contributed by atoms with E-state index in [0.717, 1.165) is 12.2 Å². The van der Waals surface area contributed by atoms with Crippen LogP contribution in [0.3, 0.4) is 0 Å². The molecule has 0 bridgehead atoms. The van der Waals surface area contributed by atoms with Crippen molar-refractivity contribution in [1.82, 2.24) is 0 Å². The van der Waals surface area contributed by atoms with E-state index in [4.69, 9.17) is 0 Å². The molecule has 0 aliphatic heterocycles. The molecule has 5 aromatic carbocycles. The minimum Gasteiger partial charge on any atom is -0.385 e. The van der Waals surface area contributed by atoms with Crippen LogP contribution < -0.4 is 26.4 Å². The molecular weight excluding hydrogens is 865 g/mol. The predicted octanol–water partition coefficient (Wildman–Crippen LogP) is 7.36. The molecule has 0 amide bonds. The number of aromatic nitrogens is 1. The lowest BCUT2D eigenvalue weighted by Crippen LogP contribution is -2.81. The van der Waals surface area contributed by atoms with Gasteiger partial charge in [0.25, 0.3) is 0 Å². The van der Waals surface area contributed by atoms with E-state index in [1.54, 1.807) is 0 Å². The first-order valence-corrected chi connectivity index (χ1v) is 16.0. The zero-order valence-electron chi connectivity index (χ0n) is 28.6. The standard InChI is InChI=1S/C24BF20.C13H14NO/c26-5-1(6(27)14(35)21(42)13(5)34)25(2-7(28)15(36)22(43)16(37)8(2)29,3-9(30)17(38)23(44)18(39)10(3)31)4-11(32)19(40)24(45)20(41)12(4)33;15-11-13-8-4-5-9-14(13)10-12-6-2-1-3-7-12/h;1-9,15H,10-11H2/q-1;+1. The molecule has 1 aromatic heterocycles. The molecule has 23 heteroatoms. The lowest BCUT2D eigenvalue weighted by Gasteiger charge is -2.44. The highest BCUT2D eigenvalue weighted by Gasteiger charge is 2.52. The smallest absolute Gasteiger partial charge is 0.207 e. The SMILES string of the molecule is Fc1c(F)c(F)c([B-](c2c(F)c(F)c(F)c(F)c2F)(c2c(F)c(F)c(F)c(F)c2F)c2c(F)c(F)c(F)c(F)c2F)c(F)c1F.OCc1cccc[n+]1Cc1ccccc1. The van der Waals surface area contributed by atoms with E-state index >= 15 is 35.1 Å². The number of pyridine rings is 1. The monoisotopic (exact) mass is 879 g/mol. The topological polar surface area (TPSA) is 24.1 Å². The molecule has 0 atom stereocenters. The van der Waals surface area contributed by atoms with Gasteiger partial charge in [0.2, 0.25) is 5.69 Å². The van der Waals surface area contributed by atoms with Crippen LogP contribution in [0.4, 0.5) is 87.8 Å². The van der Waals surface area contributed by atoms with Crippen molar-refractivity contribution >= 4 is 28.0 Å². The number of benzene rings is 5. The number of halogens is 20. The Bertz CT molecular complexity index is 2300. The third-order valence-electron chi connectivity index (χ3n) is 9.10. The highest BCUT2D eigenvalue weighted by molar-refractivity contribution is 7.20. The van der Waals surface area contributed by atoms with Crippen molar-refractivity contribution in [2.24, 2.45) is 0 Å². The van der Waals surface area contributed by atoms with Gasteiger partial charge in [-0.3, -0.25) is 0 Å². The Labute approximate surface area is 321 Å². The lowest BCUT2D eigenvalue weighted by atomic mass is 9.12. The van der Waals surface area contributed by atoms with E-state index in [2.05, 4.69) is 16.7 Å². The molecule has 0 spiro atoms. The number of hydrogen-bond acceptors (Lipinski definition) is 1. The molecule has 316 valence electrons. The fourth-order valence-corrected chi connectivity index (χ4v) is 6.46. The summed E-state index contributed by atoms with van der Waals surface area (Å²) in [5.74, 6) is -71.4. The van der Waals surface area contributed by atoms with Gasteiger partial charge in [-0.15, -0.1) is 21.9 Å². The fraction of sp³-hybridized carbons (Fsp3) is 0.0541. The summed E-state index contributed by atoms with van der Waals surface area (Å²) in [5, 5.41) is 9.18. The minimum absolute atomic E-state index is 0.0771. The molecule has 0 saturated carbocycles. The van der Waals surface area contributed by atoms with Crippen molar-refractivity contribution in [2.45, 2.75) is 13.2 Å². The summed E-state index contributed by atoms with van der Waals surface area (Å²) in [4.78, 5) is 0. The van der Waals surface area contributed by atoms with Crippen molar-refractivity contribution in [2.75, 3.05) is 0 Å². The Kier molecular flexibility index (Phi) is 12.6. The van der Waals surface area contributed by atoms with Gasteiger partial charge in [-0.1, -0.05) is 36.4 Å². The molecule has 0 aliphatic rings. The number of nitrogens with zero attached hydrogens (tertiary/aromatic N) is 1. The van der Waals surface area contributed by atoms with Crippen LogP contribution >= 0.6 is 0 Å². The van der Waals surface area contributed by atoms with E-state index in [0.29, 0.717) is 0 Å². The van der Waals surface area contributed by atoms with Crippen molar-refractivity contribution in [3.05, 3.63) is 182 Å². The average molecular weight is 879 g/mol. The van der Waals surface area contributed by atoms with Crippen LogP contribution in [0, 0.1) is 116 Å². The van der Waals surface area contributed by atoms with Crippen LogP contribution in [0.25, 0.3) is 0 Å². The number of aliphatic hydroxyl groups excluding tert-OH is 1. The minimum atomic E-state index is -7.22. The largest absolute Gasteiger partial charge is 0.385 e. The van der Waals surface area contributed by atoms with Crippen LogP contribution in [0.1, 0.15) is 11.3 Å². The summed E-state index contributed by atoms with van der Waals surface area (Å²) < 4.78 is 296. The molecule has 0 saturated heterocycles. The second-order valence-corrected chi connectivity index (χ2v) is 12.3. The first-order chi connectivity index (χ1) is 28.1. The normalized spacial score (nSPS) is 11.6. The Hall–Kier alpha value is -6.13. The Morgan fingerprint density at radius 3 is 0.850 bits per heavy atom. The zero-order chi connectivity index (χ0) is 44.9. The second kappa shape index (κ2) is 16.9. The fourth-order valence-electron chi connectivity index (χ4n) is 6.46. The van der Waals surface area contributed by atoms with Gasteiger partial charge in [-0.05, 0) is 0 Å². The van der Waals surface area contributed by atoms with Crippen molar-refractivity contribution < 1.29 is 97.5 Å². The highest BCUT2D eigenvalue weighted by atomic mass is 19.2. The summed E-state index contributed by atoms with van der Waals surface area (Å²) in [6, 6.07) is 16.1. The van der Waals surface area contributed by atoms with Crippen LogP contribution in [0.15, 0.2) is 54.7 Å². The number of rotatable bonds is 7. The molecule has 1 heterocycles. The molecule has 0 unspecified atom stereocenters. The van der Waals surface area contributed by atoms with E-state index < -0.39 is 144 Å². The van der Waals surface area contributed by atoms with E-state index in [9.17, 15) is 57.8 Å². The van der Waals surface area contributed by atoms with Gasteiger partial charge in [0.15, 0.2) is 82.5 Å². The van der Waals surface area contributed by atoms with Crippen molar-refractivity contribution in [1.29, 1.82) is 0 Å². The zero-order valence-corrected chi connectivity index (χ0v) is 28.6. The van der Waals surface area contributed by atoms with Gasteiger partial charge >= 0.3 is 0 Å². The van der Waals surface area contributed by atoms with Crippen LogP contribution in [-0.4, -0.2) is 11.3 Å². The molecule has 1 N–H and O–H groups in total. The maximum Gasteiger partial charge on any atom is 0.207 e. The summed E-state index contributed by atoms with van der Waals surface area (Å²) in [5.41, 5.74) is -12.2. The van der Waals surface area contributed by atoms with Crippen molar-refractivity contribution in [3.8, 4) is 0 Å². The summed E-state index contributed by atoms with van der Waals surface area (Å²) >= 11 is 0. The summed E-state index contributed by atoms with van der Waals surface area (Å²) in [6.07, 6.45) is -5.23. The molecule has 0 radical (unpaired) electrons. The van der Waals surface area contributed by atoms with Gasteiger partial charge in [-0.2, -0.15) is 4.57 Å². The van der Waals surface area contributed by atoms with E-state index in [1.807, 2.05) is 42.6 Å².